The Balaban J connectivity index is 2.57. The molecule has 2 aliphatic rings. The average molecular weight is 312 g/mol. The third-order valence-corrected chi connectivity index (χ3v) is 5.19. The topological polar surface area (TPSA) is 161 Å². The molecule has 0 aliphatic heterocycles. The monoisotopic (exact) mass is 312 g/mol. The highest BCUT2D eigenvalue weighted by atomic mass is 16.4. The van der Waals surface area contributed by atoms with Gasteiger partial charge < -0.3 is 21.7 Å². The Morgan fingerprint density at radius 3 is 1.45 bits per heavy atom. The van der Waals surface area contributed by atoms with Crippen LogP contribution >= 0.6 is 0 Å². The summed E-state index contributed by atoms with van der Waals surface area (Å²) in [6.07, 6.45) is 2.63. The average Bonchev–Trinajstić information content (AvgIpc) is 2.43. The van der Waals surface area contributed by atoms with Gasteiger partial charge in [0, 0.05) is 0 Å². The summed E-state index contributed by atoms with van der Waals surface area (Å²) >= 11 is 0. The number of hydrogen-bond donors (Lipinski definition) is 4. The first-order chi connectivity index (χ1) is 10.3. The number of hydrogen-bond acceptors (Lipinski definition) is 4. The first kappa shape index (κ1) is 16.3. The van der Waals surface area contributed by atoms with Crippen molar-refractivity contribution in [3.63, 3.8) is 0 Å². The first-order valence-corrected chi connectivity index (χ1v) is 7.31. The minimum absolute atomic E-state index is 0.402. The molecule has 6 unspecified atom stereocenters. The van der Waals surface area contributed by atoms with Gasteiger partial charge in [0.15, 0.2) is 0 Å². The maximum atomic E-state index is 11.8. The largest absolute Gasteiger partial charge is 0.481 e. The minimum Gasteiger partial charge on any atom is -0.481 e. The van der Waals surface area contributed by atoms with E-state index in [0.717, 1.165) is 12.8 Å². The maximum absolute atomic E-state index is 11.8. The van der Waals surface area contributed by atoms with Crippen LogP contribution in [-0.2, 0) is 19.2 Å². The fraction of sp³-hybridized carbons (Fsp3) is 0.714. The molecule has 8 nitrogen and oxygen atoms in total. The zero-order valence-electron chi connectivity index (χ0n) is 12.0. The van der Waals surface area contributed by atoms with Gasteiger partial charge in [-0.15, -0.1) is 0 Å². The molecule has 122 valence electrons. The number of nitrogens with two attached hydrogens (primary N) is 2. The molecule has 8 heteroatoms. The van der Waals surface area contributed by atoms with E-state index in [1.807, 2.05) is 0 Å². The summed E-state index contributed by atoms with van der Waals surface area (Å²) in [6, 6.07) is 0. The van der Waals surface area contributed by atoms with E-state index in [0.29, 0.717) is 12.8 Å². The van der Waals surface area contributed by atoms with Gasteiger partial charge >= 0.3 is 11.9 Å². The van der Waals surface area contributed by atoms with Crippen LogP contribution < -0.4 is 11.5 Å². The quantitative estimate of drug-likeness (QED) is 0.542. The van der Waals surface area contributed by atoms with Gasteiger partial charge in [-0.2, -0.15) is 0 Å². The predicted molar refractivity (Wildman–Crippen MR) is 73.1 cm³/mol. The molecule has 0 spiro atoms. The van der Waals surface area contributed by atoms with Crippen molar-refractivity contribution in [3.05, 3.63) is 0 Å². The molecule has 6 N–H and O–H groups in total. The molecular weight excluding hydrogens is 292 g/mol. The summed E-state index contributed by atoms with van der Waals surface area (Å²) < 4.78 is 0. The summed E-state index contributed by atoms with van der Waals surface area (Å²) in [5.41, 5.74) is 10.7. The van der Waals surface area contributed by atoms with Gasteiger partial charge in [-0.3, -0.25) is 19.2 Å². The van der Waals surface area contributed by atoms with E-state index in [-0.39, 0.29) is 0 Å². The molecule has 2 rings (SSSR count). The molecular formula is C14H20N2O6. The summed E-state index contributed by atoms with van der Waals surface area (Å²) in [5, 5.41) is 18.9. The Bertz CT molecular complexity index is 473. The number of fused-ring (bicyclic) bond motifs is 1. The molecule has 0 aromatic heterocycles. The Kier molecular flexibility index (Phi) is 4.39. The zero-order chi connectivity index (χ0) is 16.6. The molecule has 0 saturated heterocycles. The second-order valence-electron chi connectivity index (χ2n) is 6.20. The first-order valence-electron chi connectivity index (χ1n) is 7.31. The second kappa shape index (κ2) is 5.94. The summed E-state index contributed by atoms with van der Waals surface area (Å²) in [6.45, 7) is 0. The van der Waals surface area contributed by atoms with Crippen molar-refractivity contribution >= 4 is 23.8 Å². The number of rotatable bonds is 4. The summed E-state index contributed by atoms with van der Waals surface area (Å²) in [4.78, 5) is 46.9. The van der Waals surface area contributed by atoms with Gasteiger partial charge in [0.1, 0.15) is 0 Å². The highest BCUT2D eigenvalue weighted by Crippen LogP contribution is 2.52. The molecule has 0 aromatic carbocycles. The number of aliphatic carboxylic acids is 2. The van der Waals surface area contributed by atoms with Gasteiger partial charge in [0.2, 0.25) is 11.8 Å². The standard InChI is InChI=1S/C14H20N2O6/c15-11(17)7-5-3-1-2-4-6(5)8(13(19)20)10(14(21)22)9(7)12(16)18/h5-10H,1-4H2,(H2,15,17)(H2,16,18)(H,19,20)(H,21,22). The molecule has 2 aliphatic carbocycles. The molecule has 22 heavy (non-hydrogen) atoms. The van der Waals surface area contributed by atoms with Crippen LogP contribution in [0.15, 0.2) is 0 Å². The molecule has 6 atom stereocenters. The Morgan fingerprint density at radius 1 is 0.682 bits per heavy atom. The van der Waals surface area contributed by atoms with Gasteiger partial charge in [-0.05, 0) is 24.7 Å². The van der Waals surface area contributed by atoms with Crippen molar-refractivity contribution in [1.82, 2.24) is 0 Å². The Labute approximate surface area is 126 Å². The predicted octanol–water partition coefficient (Wildman–Crippen LogP) is -0.589. The molecule has 2 fully saturated rings. The number of carbonyl (C=O) groups is 4. The lowest BCUT2D eigenvalue weighted by atomic mass is 9.53. The lowest BCUT2D eigenvalue weighted by Gasteiger charge is -2.49. The van der Waals surface area contributed by atoms with Crippen molar-refractivity contribution in [2.75, 3.05) is 0 Å². The Hall–Kier alpha value is -2.12. The van der Waals surface area contributed by atoms with E-state index in [4.69, 9.17) is 11.5 Å². The summed E-state index contributed by atoms with van der Waals surface area (Å²) in [5.74, 6) is -10.5. The van der Waals surface area contributed by atoms with Crippen molar-refractivity contribution in [1.29, 1.82) is 0 Å². The van der Waals surface area contributed by atoms with Crippen LogP contribution in [0.3, 0.4) is 0 Å². The molecule has 2 saturated carbocycles. The molecule has 0 heterocycles. The third kappa shape index (κ3) is 2.53. The zero-order valence-corrected chi connectivity index (χ0v) is 12.0. The van der Waals surface area contributed by atoms with Crippen LogP contribution in [0.1, 0.15) is 25.7 Å². The normalized spacial score (nSPS) is 37.8. The van der Waals surface area contributed by atoms with Crippen LogP contribution in [0.4, 0.5) is 0 Å². The van der Waals surface area contributed by atoms with E-state index in [1.54, 1.807) is 0 Å². The van der Waals surface area contributed by atoms with Crippen LogP contribution in [0, 0.1) is 35.5 Å². The lowest BCUT2D eigenvalue weighted by Crippen LogP contribution is -2.59. The van der Waals surface area contributed by atoms with Gasteiger partial charge in [0.25, 0.3) is 0 Å². The number of carbonyl (C=O) groups excluding carboxylic acids is 2. The number of carboxylic acid groups (broad SMARTS) is 2. The fourth-order valence-electron chi connectivity index (χ4n) is 4.45. The van der Waals surface area contributed by atoms with E-state index >= 15 is 0 Å². The van der Waals surface area contributed by atoms with Crippen LogP contribution in [0.5, 0.6) is 0 Å². The van der Waals surface area contributed by atoms with Crippen molar-refractivity contribution in [2.45, 2.75) is 25.7 Å². The maximum Gasteiger partial charge on any atom is 0.308 e. The Morgan fingerprint density at radius 2 is 1.09 bits per heavy atom. The highest BCUT2D eigenvalue weighted by molar-refractivity contribution is 5.93. The van der Waals surface area contributed by atoms with Gasteiger partial charge in [-0.1, -0.05) is 12.8 Å². The van der Waals surface area contributed by atoms with Gasteiger partial charge in [-0.25, -0.2) is 0 Å². The second-order valence-corrected chi connectivity index (χ2v) is 6.20. The fourth-order valence-corrected chi connectivity index (χ4v) is 4.45. The molecule has 0 radical (unpaired) electrons. The van der Waals surface area contributed by atoms with E-state index in [1.165, 1.54) is 0 Å². The minimum atomic E-state index is -1.52. The van der Waals surface area contributed by atoms with E-state index in [2.05, 4.69) is 0 Å². The van der Waals surface area contributed by atoms with Crippen molar-refractivity contribution in [2.24, 2.45) is 47.0 Å². The van der Waals surface area contributed by atoms with Crippen LogP contribution in [0.25, 0.3) is 0 Å². The molecule has 0 aromatic rings. The van der Waals surface area contributed by atoms with Crippen molar-refractivity contribution < 1.29 is 29.4 Å². The summed E-state index contributed by atoms with van der Waals surface area (Å²) in [7, 11) is 0. The number of carboxylic acids is 2. The molecule has 0 bridgehead atoms. The van der Waals surface area contributed by atoms with Crippen LogP contribution in [-0.4, -0.2) is 34.0 Å². The van der Waals surface area contributed by atoms with E-state index in [9.17, 15) is 29.4 Å². The molecule has 2 amide bonds. The van der Waals surface area contributed by atoms with E-state index < -0.39 is 59.3 Å². The number of amides is 2. The highest BCUT2D eigenvalue weighted by Gasteiger charge is 2.59. The number of primary amides is 2. The third-order valence-electron chi connectivity index (χ3n) is 5.19. The SMILES string of the molecule is NC(=O)C1C2CCCCC2C(C(=O)O)C(C(=O)O)C1C(N)=O. The van der Waals surface area contributed by atoms with Gasteiger partial charge in [0.05, 0.1) is 23.7 Å². The van der Waals surface area contributed by atoms with Crippen molar-refractivity contribution in [3.8, 4) is 0 Å². The lowest BCUT2D eigenvalue weighted by molar-refractivity contribution is -0.174. The smallest absolute Gasteiger partial charge is 0.308 e. The van der Waals surface area contributed by atoms with Crippen LogP contribution in [0.2, 0.25) is 0 Å².